The van der Waals surface area contributed by atoms with Gasteiger partial charge in [-0.25, -0.2) is 22.5 Å². The van der Waals surface area contributed by atoms with E-state index >= 15 is 0 Å². The van der Waals surface area contributed by atoms with Gasteiger partial charge in [-0.05, 0) is 90.0 Å². The Hall–Kier alpha value is -4.45. The largest absolute Gasteiger partial charge is 0.353 e. The predicted molar refractivity (Wildman–Crippen MR) is 175 cm³/mol. The lowest BCUT2D eigenvalue weighted by Gasteiger charge is -2.11. The van der Waals surface area contributed by atoms with Crippen LogP contribution in [0.25, 0.3) is 55.6 Å². The third-order valence-corrected chi connectivity index (χ3v) is 9.18. The maximum atomic E-state index is 14.6. The first kappa shape index (κ1) is 29.3. The Bertz CT molecular complexity index is 2120. The van der Waals surface area contributed by atoms with Crippen molar-refractivity contribution in [3.8, 4) is 33.6 Å². The van der Waals surface area contributed by atoms with E-state index in [1.54, 1.807) is 6.07 Å². The summed E-state index contributed by atoms with van der Waals surface area (Å²) in [6.45, 7) is 1.83. The van der Waals surface area contributed by atoms with Gasteiger partial charge in [-0.1, -0.05) is 25.0 Å². The Morgan fingerprint density at radius 3 is 2.58 bits per heavy atom. The summed E-state index contributed by atoms with van der Waals surface area (Å²) in [5.74, 6) is 0.342. The molecule has 1 aliphatic rings. The summed E-state index contributed by atoms with van der Waals surface area (Å²) in [5.41, 5.74) is 8.12. The molecule has 0 spiro atoms. The van der Waals surface area contributed by atoms with Crippen LogP contribution in [0.15, 0.2) is 73.2 Å². The number of halogens is 1. The number of pyridine rings is 2. The van der Waals surface area contributed by atoms with E-state index in [0.29, 0.717) is 16.8 Å². The molecule has 230 valence electrons. The van der Waals surface area contributed by atoms with Crippen LogP contribution >= 0.6 is 0 Å². The summed E-state index contributed by atoms with van der Waals surface area (Å²) in [4.78, 5) is 12.6. The summed E-state index contributed by atoms with van der Waals surface area (Å²) >= 11 is 0. The second-order valence-corrected chi connectivity index (χ2v) is 13.8. The van der Waals surface area contributed by atoms with E-state index < -0.39 is 15.8 Å². The molecule has 9 nitrogen and oxygen atoms in total. The van der Waals surface area contributed by atoms with Crippen LogP contribution in [0, 0.1) is 11.7 Å². The van der Waals surface area contributed by atoms with E-state index in [0.717, 1.165) is 75.2 Å². The molecule has 0 aliphatic heterocycles. The quantitative estimate of drug-likeness (QED) is 0.142. The molecular formula is C34H34FN7O2S. The van der Waals surface area contributed by atoms with Gasteiger partial charge in [0.1, 0.15) is 11.5 Å². The molecule has 4 aromatic heterocycles. The minimum absolute atomic E-state index is 0.00194. The first-order valence-electron chi connectivity index (χ1n) is 15.1. The Labute approximate surface area is 260 Å². The van der Waals surface area contributed by atoms with Crippen LogP contribution in [-0.2, 0) is 23.1 Å². The number of fused-ring (bicyclic) bond motifs is 2. The standard InChI is InChI=1S/C34H34FN7O2S/c1-45(43,44)39-18-22-9-24(12-27(35)11-22)28-7-4-8-31-29(28)14-32(40-31)33-30-13-26(20-38-34(30)42-41-33)25-10-23(17-37-19-25)16-36-15-21-5-2-3-6-21/h4,7-14,17,19-21,36,39-40H,2-3,5-6,15-16,18H2,1H3,(H,38,41,42). The van der Waals surface area contributed by atoms with E-state index in [4.69, 9.17) is 0 Å². The average molecular weight is 624 g/mol. The topological polar surface area (TPSA) is 128 Å². The molecule has 1 saturated carbocycles. The smallest absolute Gasteiger partial charge is 0.209 e. The van der Waals surface area contributed by atoms with Gasteiger partial charge in [0.25, 0.3) is 0 Å². The lowest BCUT2D eigenvalue weighted by molar-refractivity contribution is 0.489. The molecule has 0 atom stereocenters. The van der Waals surface area contributed by atoms with Crippen LogP contribution in [0.5, 0.6) is 0 Å². The van der Waals surface area contributed by atoms with Crippen molar-refractivity contribution in [1.29, 1.82) is 0 Å². The molecule has 0 saturated heterocycles. The maximum Gasteiger partial charge on any atom is 0.209 e. The van der Waals surface area contributed by atoms with E-state index in [9.17, 15) is 12.8 Å². The number of hydrogen-bond acceptors (Lipinski definition) is 6. The van der Waals surface area contributed by atoms with Crippen molar-refractivity contribution in [3.05, 3.63) is 90.1 Å². The molecule has 1 aliphatic carbocycles. The molecule has 4 heterocycles. The monoisotopic (exact) mass is 623 g/mol. The second-order valence-electron chi connectivity index (χ2n) is 11.9. The van der Waals surface area contributed by atoms with Gasteiger partial charge in [-0.3, -0.25) is 10.1 Å². The minimum atomic E-state index is -3.42. The fourth-order valence-corrected chi connectivity index (χ4v) is 6.73. The molecule has 7 rings (SSSR count). The molecular weight excluding hydrogens is 589 g/mol. The molecule has 4 N–H and O–H groups in total. The lowest BCUT2D eigenvalue weighted by atomic mass is 9.99. The third kappa shape index (κ3) is 6.51. The van der Waals surface area contributed by atoms with Crippen molar-refractivity contribution in [2.45, 2.75) is 38.8 Å². The number of rotatable bonds is 10. The summed E-state index contributed by atoms with van der Waals surface area (Å²) in [5, 5.41) is 13.0. The van der Waals surface area contributed by atoms with Gasteiger partial charge >= 0.3 is 0 Å². The van der Waals surface area contributed by atoms with Crippen molar-refractivity contribution in [1.82, 2.24) is 35.2 Å². The SMILES string of the molecule is CS(=O)(=O)NCc1cc(F)cc(-c2cccc3[nH]c(-c4n[nH]c5ncc(-c6cncc(CNCC7CCCC7)c6)cc45)cc23)c1. The van der Waals surface area contributed by atoms with Crippen molar-refractivity contribution in [3.63, 3.8) is 0 Å². The summed E-state index contributed by atoms with van der Waals surface area (Å²) < 4.78 is 40.3. The van der Waals surface area contributed by atoms with Gasteiger partial charge in [0.2, 0.25) is 10.0 Å². The van der Waals surface area contributed by atoms with Gasteiger partial charge in [-0.15, -0.1) is 0 Å². The molecule has 0 radical (unpaired) electrons. The number of aromatic amines is 2. The van der Waals surface area contributed by atoms with Gasteiger partial charge in [-0.2, -0.15) is 5.10 Å². The van der Waals surface area contributed by atoms with Crippen LogP contribution in [-0.4, -0.2) is 46.4 Å². The van der Waals surface area contributed by atoms with E-state index in [2.05, 4.69) is 47.3 Å². The maximum absolute atomic E-state index is 14.6. The number of sulfonamides is 1. The number of aromatic nitrogens is 5. The predicted octanol–water partition coefficient (Wildman–Crippen LogP) is 6.30. The first-order chi connectivity index (χ1) is 21.8. The highest BCUT2D eigenvalue weighted by Gasteiger charge is 2.17. The van der Waals surface area contributed by atoms with Crippen LogP contribution in [0.3, 0.4) is 0 Å². The summed E-state index contributed by atoms with van der Waals surface area (Å²) in [7, 11) is -3.42. The normalized spacial score (nSPS) is 14.2. The van der Waals surface area contributed by atoms with Crippen molar-refractivity contribution in [2.75, 3.05) is 12.8 Å². The second kappa shape index (κ2) is 12.2. The van der Waals surface area contributed by atoms with Crippen molar-refractivity contribution < 1.29 is 12.8 Å². The molecule has 6 aromatic rings. The van der Waals surface area contributed by atoms with Gasteiger partial charge in [0.15, 0.2) is 5.65 Å². The zero-order valence-corrected chi connectivity index (χ0v) is 25.7. The molecule has 0 bridgehead atoms. The van der Waals surface area contributed by atoms with Crippen molar-refractivity contribution in [2.24, 2.45) is 5.92 Å². The zero-order valence-electron chi connectivity index (χ0n) is 24.9. The Kier molecular flexibility index (Phi) is 7.90. The number of H-pyrrole nitrogens is 2. The van der Waals surface area contributed by atoms with Gasteiger partial charge in [0.05, 0.1) is 11.9 Å². The zero-order chi connectivity index (χ0) is 31.0. The molecule has 0 amide bonds. The van der Waals surface area contributed by atoms with Crippen LogP contribution in [0.1, 0.15) is 36.8 Å². The summed E-state index contributed by atoms with van der Waals surface area (Å²) in [6, 6.07) is 16.6. The van der Waals surface area contributed by atoms with Gasteiger partial charge in [0, 0.05) is 59.1 Å². The van der Waals surface area contributed by atoms with E-state index in [-0.39, 0.29) is 6.54 Å². The highest BCUT2D eigenvalue weighted by molar-refractivity contribution is 7.88. The molecule has 1 fully saturated rings. The molecule has 45 heavy (non-hydrogen) atoms. The fourth-order valence-electron chi connectivity index (χ4n) is 6.30. The molecule has 0 unspecified atom stereocenters. The average Bonchev–Trinajstić information content (AvgIpc) is 3.79. The van der Waals surface area contributed by atoms with Crippen molar-refractivity contribution >= 4 is 32.0 Å². The number of nitrogens with one attached hydrogen (secondary N) is 4. The highest BCUT2D eigenvalue weighted by atomic mass is 32.2. The van der Waals surface area contributed by atoms with Crippen LogP contribution < -0.4 is 10.0 Å². The molecule has 2 aromatic carbocycles. The van der Waals surface area contributed by atoms with Crippen LogP contribution in [0.2, 0.25) is 0 Å². The Morgan fingerprint density at radius 1 is 0.911 bits per heavy atom. The Morgan fingerprint density at radius 2 is 1.73 bits per heavy atom. The lowest BCUT2D eigenvalue weighted by Crippen LogP contribution is -2.21. The minimum Gasteiger partial charge on any atom is -0.353 e. The third-order valence-electron chi connectivity index (χ3n) is 8.51. The fraction of sp³-hybridized carbons (Fsp3) is 0.265. The van der Waals surface area contributed by atoms with Crippen LogP contribution in [0.4, 0.5) is 4.39 Å². The van der Waals surface area contributed by atoms with Gasteiger partial charge < -0.3 is 10.3 Å². The van der Waals surface area contributed by atoms with E-state index in [1.807, 2.05) is 42.9 Å². The summed E-state index contributed by atoms with van der Waals surface area (Å²) in [6.07, 6.45) is 12.0. The molecule has 11 heteroatoms. The highest BCUT2D eigenvalue weighted by Crippen LogP contribution is 2.35. The first-order valence-corrected chi connectivity index (χ1v) is 17.0. The number of nitrogens with zero attached hydrogens (tertiary/aromatic N) is 3. The van der Waals surface area contributed by atoms with E-state index in [1.165, 1.54) is 37.8 Å². The Balaban J connectivity index is 1.19. The number of benzene rings is 2. The number of hydrogen-bond donors (Lipinski definition) is 4.